The number of thiazole rings is 1. The van der Waals surface area contributed by atoms with E-state index in [-0.39, 0.29) is 5.78 Å². The number of rotatable bonds is 10. The predicted molar refractivity (Wildman–Crippen MR) is 135 cm³/mol. The van der Waals surface area contributed by atoms with Gasteiger partial charge in [-0.1, -0.05) is 18.9 Å². The Bertz CT molecular complexity index is 1000. The lowest BCUT2D eigenvalue weighted by Gasteiger charge is -2.30. The Labute approximate surface area is 210 Å². The van der Waals surface area contributed by atoms with Crippen LogP contribution in [-0.4, -0.2) is 53.3 Å². The summed E-state index contributed by atoms with van der Waals surface area (Å²) in [5.74, 6) is 1.73. The highest BCUT2D eigenvalue weighted by molar-refractivity contribution is 7.09. The van der Waals surface area contributed by atoms with Gasteiger partial charge in [0.15, 0.2) is 12.4 Å². The van der Waals surface area contributed by atoms with E-state index in [0.717, 1.165) is 67.6 Å². The normalized spacial score (nSPS) is 21.3. The molecule has 2 aromatic heterocycles. The number of carbonyl (C=O) groups excluding carboxylic acids is 1. The summed E-state index contributed by atoms with van der Waals surface area (Å²) >= 11 is 1.60. The van der Waals surface area contributed by atoms with Crippen LogP contribution in [0.25, 0.3) is 6.08 Å². The van der Waals surface area contributed by atoms with E-state index in [1.54, 1.807) is 23.5 Å². The minimum atomic E-state index is -2.49. The van der Waals surface area contributed by atoms with Crippen LogP contribution < -0.4 is 4.74 Å². The molecule has 1 aliphatic heterocycles. The number of halogens is 2. The molecular weight excluding hydrogens is 468 g/mol. The van der Waals surface area contributed by atoms with Gasteiger partial charge in [-0.05, 0) is 68.7 Å². The highest BCUT2D eigenvalue weighted by atomic mass is 32.1. The summed E-state index contributed by atoms with van der Waals surface area (Å²) in [5, 5.41) is 3.00. The average Bonchev–Trinajstić information content (AvgIpc) is 3.16. The highest BCUT2D eigenvalue weighted by Gasteiger charge is 2.24. The first-order valence-corrected chi connectivity index (χ1v) is 13.6. The zero-order valence-corrected chi connectivity index (χ0v) is 21.2. The Morgan fingerprint density at radius 2 is 1.94 bits per heavy atom. The lowest BCUT2D eigenvalue weighted by molar-refractivity contribution is -0.115. The third kappa shape index (κ3) is 8.17. The molecule has 0 atom stereocenters. The number of ketones is 1. The molecule has 0 spiro atoms. The minimum Gasteiger partial charge on any atom is -0.472 e. The fourth-order valence-corrected chi connectivity index (χ4v) is 5.72. The van der Waals surface area contributed by atoms with Crippen molar-refractivity contribution in [2.24, 2.45) is 11.8 Å². The first-order valence-electron chi connectivity index (χ1n) is 12.7. The minimum absolute atomic E-state index is 0.208. The van der Waals surface area contributed by atoms with Crippen LogP contribution in [0.5, 0.6) is 5.88 Å². The van der Waals surface area contributed by atoms with Crippen LogP contribution in [-0.2, 0) is 17.6 Å². The Morgan fingerprint density at radius 3 is 2.69 bits per heavy atom. The van der Waals surface area contributed by atoms with Crippen LogP contribution >= 0.6 is 11.3 Å². The maximum Gasteiger partial charge on any atom is 0.272 e. The smallest absolute Gasteiger partial charge is 0.272 e. The highest BCUT2D eigenvalue weighted by Crippen LogP contribution is 2.33. The van der Waals surface area contributed by atoms with Crippen molar-refractivity contribution >= 4 is 23.2 Å². The summed E-state index contributed by atoms with van der Waals surface area (Å²) < 4.78 is 29.9. The molecule has 190 valence electrons. The van der Waals surface area contributed by atoms with Crippen molar-refractivity contribution in [3.63, 3.8) is 0 Å². The van der Waals surface area contributed by atoms with Gasteiger partial charge in [-0.15, -0.1) is 11.3 Å². The van der Waals surface area contributed by atoms with Crippen molar-refractivity contribution in [3.05, 3.63) is 45.5 Å². The molecule has 5 nitrogen and oxygen atoms in total. The number of pyridine rings is 1. The molecule has 8 heteroatoms. The molecule has 1 fully saturated rings. The SMILES string of the molecule is Cc1nc(/C=C/C(=O)CC2CCC(CCN3CCc4ccc(OCC(F)F)nc4CC3)CC2)cs1. The van der Waals surface area contributed by atoms with Crippen LogP contribution in [0, 0.1) is 18.8 Å². The molecule has 35 heavy (non-hydrogen) atoms. The van der Waals surface area contributed by atoms with E-state index in [9.17, 15) is 13.6 Å². The van der Waals surface area contributed by atoms with E-state index in [1.807, 2.05) is 24.4 Å². The van der Waals surface area contributed by atoms with Crippen LogP contribution in [0.2, 0.25) is 0 Å². The zero-order chi connectivity index (χ0) is 24.6. The van der Waals surface area contributed by atoms with Gasteiger partial charge in [-0.3, -0.25) is 4.79 Å². The van der Waals surface area contributed by atoms with Crippen molar-refractivity contribution in [2.75, 3.05) is 26.2 Å². The number of allylic oxidation sites excluding steroid dienone is 1. The van der Waals surface area contributed by atoms with Crippen molar-refractivity contribution in [1.82, 2.24) is 14.9 Å². The van der Waals surface area contributed by atoms with E-state index in [2.05, 4.69) is 14.9 Å². The fourth-order valence-electron chi connectivity index (χ4n) is 5.14. The number of carbonyl (C=O) groups is 1. The van der Waals surface area contributed by atoms with E-state index in [0.29, 0.717) is 18.2 Å². The number of hydrogen-bond acceptors (Lipinski definition) is 6. The standard InChI is InChI=1S/C27H35F2N3O2S/c1-19-30-23(18-35-19)7-8-24(33)16-21-4-2-20(3-5-21)10-13-32-14-11-22-6-9-27(34-17-26(28)29)31-25(22)12-15-32/h6-9,18,20-21,26H,2-5,10-17H2,1H3/b8-7+. The molecule has 0 unspecified atom stereocenters. The van der Waals surface area contributed by atoms with Crippen molar-refractivity contribution in [3.8, 4) is 5.88 Å². The molecule has 1 aliphatic carbocycles. The van der Waals surface area contributed by atoms with E-state index >= 15 is 0 Å². The van der Waals surface area contributed by atoms with Crippen molar-refractivity contribution in [2.45, 2.75) is 64.7 Å². The quantitative estimate of drug-likeness (QED) is 0.386. The summed E-state index contributed by atoms with van der Waals surface area (Å²) in [6, 6.07) is 3.68. The lowest BCUT2D eigenvalue weighted by atomic mass is 9.78. The van der Waals surface area contributed by atoms with Gasteiger partial charge in [-0.2, -0.15) is 0 Å². The van der Waals surface area contributed by atoms with Gasteiger partial charge in [0, 0.05) is 43.1 Å². The maximum absolute atomic E-state index is 12.4. The second-order valence-corrected chi connectivity index (χ2v) is 10.8. The molecule has 0 N–H and O–H groups in total. The third-order valence-electron chi connectivity index (χ3n) is 7.15. The molecule has 1 saturated carbocycles. The van der Waals surface area contributed by atoms with Gasteiger partial charge in [0.25, 0.3) is 6.43 Å². The Hall–Kier alpha value is -2.19. The van der Waals surface area contributed by atoms with Crippen LogP contribution in [0.3, 0.4) is 0 Å². The summed E-state index contributed by atoms with van der Waals surface area (Å²) in [4.78, 5) is 23.7. The molecular formula is C27H35F2N3O2S. The van der Waals surface area contributed by atoms with E-state index in [4.69, 9.17) is 4.74 Å². The molecule has 0 aromatic carbocycles. The number of hydrogen-bond donors (Lipinski definition) is 0. The Kier molecular flexibility index (Phi) is 9.38. The van der Waals surface area contributed by atoms with Gasteiger partial charge in [0.2, 0.25) is 5.88 Å². The molecule has 0 saturated heterocycles. The van der Waals surface area contributed by atoms with Crippen molar-refractivity contribution in [1.29, 1.82) is 0 Å². The summed E-state index contributed by atoms with van der Waals surface area (Å²) in [6.45, 7) is 4.37. The third-order valence-corrected chi connectivity index (χ3v) is 7.94. The molecule has 2 aromatic rings. The molecule has 0 radical (unpaired) electrons. The molecule has 3 heterocycles. The second-order valence-electron chi connectivity index (χ2n) is 9.77. The first kappa shape index (κ1) is 25.9. The maximum atomic E-state index is 12.4. The number of aromatic nitrogens is 2. The van der Waals surface area contributed by atoms with Crippen LogP contribution in [0.1, 0.15) is 60.5 Å². The molecule has 4 rings (SSSR count). The summed E-state index contributed by atoms with van der Waals surface area (Å²) in [5.41, 5.74) is 3.04. The second kappa shape index (κ2) is 12.7. The van der Waals surface area contributed by atoms with E-state index in [1.165, 1.54) is 24.8 Å². The van der Waals surface area contributed by atoms with Gasteiger partial charge in [-0.25, -0.2) is 18.7 Å². The number of aryl methyl sites for hydroxylation is 1. The van der Waals surface area contributed by atoms with Gasteiger partial charge >= 0.3 is 0 Å². The Balaban J connectivity index is 1.15. The van der Waals surface area contributed by atoms with Crippen LogP contribution in [0.4, 0.5) is 8.78 Å². The first-order chi connectivity index (χ1) is 16.9. The number of ether oxygens (including phenoxy) is 1. The molecule has 2 aliphatic rings. The van der Waals surface area contributed by atoms with Gasteiger partial charge in [0.05, 0.1) is 10.7 Å². The van der Waals surface area contributed by atoms with E-state index < -0.39 is 13.0 Å². The van der Waals surface area contributed by atoms with Crippen molar-refractivity contribution < 1.29 is 18.3 Å². The number of fused-ring (bicyclic) bond motifs is 1. The Morgan fingerprint density at radius 1 is 1.17 bits per heavy atom. The van der Waals surface area contributed by atoms with Gasteiger partial charge in [0.1, 0.15) is 0 Å². The largest absolute Gasteiger partial charge is 0.472 e. The fraction of sp³-hybridized carbons (Fsp3) is 0.593. The van der Waals surface area contributed by atoms with Crippen LogP contribution in [0.15, 0.2) is 23.6 Å². The monoisotopic (exact) mass is 503 g/mol. The zero-order valence-electron chi connectivity index (χ0n) is 20.4. The molecule has 0 amide bonds. The lowest BCUT2D eigenvalue weighted by Crippen LogP contribution is -2.29. The summed E-state index contributed by atoms with van der Waals surface area (Å²) in [7, 11) is 0. The number of nitrogens with zero attached hydrogens (tertiary/aromatic N) is 3. The number of alkyl halides is 2. The summed E-state index contributed by atoms with van der Waals surface area (Å²) in [6.07, 6.45) is 9.31. The average molecular weight is 504 g/mol. The van der Waals surface area contributed by atoms with Gasteiger partial charge < -0.3 is 9.64 Å². The molecule has 0 bridgehead atoms. The predicted octanol–water partition coefficient (Wildman–Crippen LogP) is 5.76. The topological polar surface area (TPSA) is 55.3 Å².